The van der Waals surface area contributed by atoms with Gasteiger partial charge in [0.15, 0.2) is 4.80 Å². The number of carbonyl (C=O) groups is 1. The molecule has 0 bridgehead atoms. The maximum absolute atomic E-state index is 13.7. The molecule has 0 N–H and O–H groups in total. The van der Waals surface area contributed by atoms with Gasteiger partial charge >= 0.3 is 5.97 Å². The Morgan fingerprint density at radius 1 is 1.14 bits per heavy atom. The second-order valence-corrected chi connectivity index (χ2v) is 9.52. The molecule has 1 atom stereocenters. The maximum atomic E-state index is 13.7. The number of fused-ring (bicyclic) bond motifs is 1. The molecule has 4 rings (SSSR count). The molecule has 192 valence electrons. The van der Waals surface area contributed by atoms with Crippen molar-refractivity contribution in [2.24, 2.45) is 4.99 Å². The predicted octanol–water partition coefficient (Wildman–Crippen LogP) is 3.82. The summed E-state index contributed by atoms with van der Waals surface area (Å²) < 4.78 is 12.8. The van der Waals surface area contributed by atoms with Crippen molar-refractivity contribution in [3.63, 3.8) is 0 Å². The average Bonchev–Trinajstić information content (AvgIpc) is 3.22. The van der Waals surface area contributed by atoms with E-state index in [9.17, 15) is 9.59 Å². The lowest BCUT2D eigenvalue weighted by molar-refractivity contribution is -0.138. The molecule has 3 aromatic rings. The number of allylic oxidation sites excluding steroid dienone is 1. The first-order valence-electron chi connectivity index (χ1n) is 12.2. The zero-order valence-electron chi connectivity index (χ0n) is 21.6. The third kappa shape index (κ3) is 5.29. The number of aromatic nitrogens is 1. The van der Waals surface area contributed by atoms with Gasteiger partial charge in [0.05, 0.1) is 29.0 Å². The summed E-state index contributed by atoms with van der Waals surface area (Å²) in [7, 11) is 1.59. The van der Waals surface area contributed by atoms with Gasteiger partial charge in [-0.25, -0.2) is 9.79 Å². The van der Waals surface area contributed by atoms with Crippen molar-refractivity contribution >= 4 is 29.1 Å². The van der Waals surface area contributed by atoms with E-state index in [2.05, 4.69) is 42.5 Å². The van der Waals surface area contributed by atoms with E-state index in [1.165, 1.54) is 17.4 Å². The Morgan fingerprint density at radius 2 is 1.81 bits per heavy atom. The van der Waals surface area contributed by atoms with Crippen LogP contribution >= 0.6 is 11.3 Å². The number of methoxy groups -OCH3 is 1. The molecule has 0 fully saturated rings. The monoisotopic (exact) mass is 517 g/mol. The first kappa shape index (κ1) is 26.2. The number of thiazole rings is 1. The summed E-state index contributed by atoms with van der Waals surface area (Å²) in [6, 6.07) is 14.8. The zero-order chi connectivity index (χ0) is 26.5. The van der Waals surface area contributed by atoms with Crippen molar-refractivity contribution in [3.05, 3.63) is 103 Å². The van der Waals surface area contributed by atoms with Gasteiger partial charge in [0.1, 0.15) is 12.4 Å². The fourth-order valence-corrected chi connectivity index (χ4v) is 5.46. The molecule has 2 aromatic carbocycles. The van der Waals surface area contributed by atoms with E-state index < -0.39 is 12.0 Å². The van der Waals surface area contributed by atoms with E-state index in [0.717, 1.165) is 29.9 Å². The largest absolute Gasteiger partial charge is 0.497 e. The van der Waals surface area contributed by atoms with E-state index >= 15 is 0 Å². The Kier molecular flexibility index (Phi) is 8.08. The molecule has 0 unspecified atom stereocenters. The number of rotatable bonds is 9. The highest BCUT2D eigenvalue weighted by Crippen LogP contribution is 2.31. The van der Waals surface area contributed by atoms with E-state index in [4.69, 9.17) is 9.47 Å². The standard InChI is InChI=1S/C29H31N3O4S/c1-6-17-36-28(34)25-19(4)30-29-32(26(25)21-11-15-23(35-5)16-12-21)27(33)24(37-29)18-20-9-13-22(14-10-20)31(7-2)8-3/h6,9-16,18,26H,1,7-8,17H2,2-5H3/b24-18+/t26-/m0/s1. The van der Waals surface area contributed by atoms with E-state index in [1.54, 1.807) is 18.6 Å². The van der Waals surface area contributed by atoms with E-state index in [1.807, 2.05) is 42.5 Å². The predicted molar refractivity (Wildman–Crippen MR) is 148 cm³/mol. The van der Waals surface area contributed by atoms with Gasteiger partial charge in [-0.2, -0.15) is 0 Å². The SMILES string of the molecule is C=CCOC(=O)C1=C(C)N=c2s/c(=C/c3ccc(N(CC)CC)cc3)c(=O)n2[C@H]1c1ccc(OC)cc1. The molecule has 2 heterocycles. The van der Waals surface area contributed by atoms with Crippen molar-refractivity contribution in [2.75, 3.05) is 31.7 Å². The average molecular weight is 518 g/mol. The molecule has 7 nitrogen and oxygen atoms in total. The molecule has 37 heavy (non-hydrogen) atoms. The van der Waals surface area contributed by atoms with Gasteiger partial charge in [-0.3, -0.25) is 9.36 Å². The molecule has 0 saturated carbocycles. The summed E-state index contributed by atoms with van der Waals surface area (Å²) in [4.78, 5) is 34.3. The molecular weight excluding hydrogens is 486 g/mol. The molecule has 0 spiro atoms. The Hall–Kier alpha value is -3.91. The van der Waals surface area contributed by atoms with Gasteiger partial charge in [0.2, 0.25) is 0 Å². The molecule has 0 aliphatic carbocycles. The lowest BCUT2D eigenvalue weighted by atomic mass is 9.96. The first-order valence-corrected chi connectivity index (χ1v) is 13.0. The Morgan fingerprint density at radius 3 is 2.41 bits per heavy atom. The van der Waals surface area contributed by atoms with Gasteiger partial charge in [0, 0.05) is 18.8 Å². The number of carbonyl (C=O) groups excluding carboxylic acids is 1. The topological polar surface area (TPSA) is 73.1 Å². The number of anilines is 1. The second kappa shape index (κ2) is 11.4. The van der Waals surface area contributed by atoms with Crippen LogP contribution in [0.3, 0.4) is 0 Å². The normalized spacial score (nSPS) is 15.1. The van der Waals surface area contributed by atoms with Gasteiger partial charge in [-0.05, 0) is 62.2 Å². The number of esters is 1. The minimum absolute atomic E-state index is 0.0683. The van der Waals surface area contributed by atoms with Crippen LogP contribution in [0, 0.1) is 0 Å². The first-order chi connectivity index (χ1) is 17.9. The van der Waals surface area contributed by atoms with Crippen molar-refractivity contribution < 1.29 is 14.3 Å². The van der Waals surface area contributed by atoms with Crippen molar-refractivity contribution in [2.45, 2.75) is 26.8 Å². The van der Waals surface area contributed by atoms with Crippen LogP contribution in [0.5, 0.6) is 5.75 Å². The summed E-state index contributed by atoms with van der Waals surface area (Å²) in [6.07, 6.45) is 3.38. The maximum Gasteiger partial charge on any atom is 0.338 e. The molecule has 1 aliphatic rings. The number of hydrogen-bond donors (Lipinski definition) is 0. The zero-order valence-corrected chi connectivity index (χ0v) is 22.4. The van der Waals surface area contributed by atoms with Crippen molar-refractivity contribution in [3.8, 4) is 5.75 Å². The van der Waals surface area contributed by atoms with E-state index in [0.29, 0.717) is 26.4 Å². The van der Waals surface area contributed by atoms with Crippen LogP contribution < -0.4 is 24.5 Å². The van der Waals surface area contributed by atoms with Crippen LogP contribution in [0.2, 0.25) is 0 Å². The third-order valence-electron chi connectivity index (χ3n) is 6.32. The van der Waals surface area contributed by atoms with E-state index in [-0.39, 0.29) is 12.2 Å². The van der Waals surface area contributed by atoms with Crippen LogP contribution in [-0.2, 0) is 9.53 Å². The molecule has 0 radical (unpaired) electrons. The van der Waals surface area contributed by atoms with Crippen LogP contribution in [-0.4, -0.2) is 37.3 Å². The highest BCUT2D eigenvalue weighted by molar-refractivity contribution is 7.07. The van der Waals surface area contributed by atoms with Gasteiger partial charge < -0.3 is 14.4 Å². The van der Waals surface area contributed by atoms with Crippen LogP contribution in [0.15, 0.2) is 82.2 Å². The molecule has 1 aliphatic heterocycles. The second-order valence-electron chi connectivity index (χ2n) is 8.51. The fourth-order valence-electron chi connectivity index (χ4n) is 4.42. The van der Waals surface area contributed by atoms with Crippen molar-refractivity contribution in [1.29, 1.82) is 0 Å². The van der Waals surface area contributed by atoms with Crippen LogP contribution in [0.4, 0.5) is 5.69 Å². The minimum atomic E-state index is -0.674. The summed E-state index contributed by atoms with van der Waals surface area (Å²) >= 11 is 1.31. The van der Waals surface area contributed by atoms with Crippen molar-refractivity contribution in [1.82, 2.24) is 4.57 Å². The molecule has 8 heteroatoms. The summed E-state index contributed by atoms with van der Waals surface area (Å²) in [5.41, 5.74) is 3.46. The lowest BCUT2D eigenvalue weighted by Gasteiger charge is -2.24. The molecule has 0 amide bonds. The van der Waals surface area contributed by atoms with Gasteiger partial charge in [-0.1, -0.05) is 48.3 Å². The van der Waals surface area contributed by atoms with Gasteiger partial charge in [0.25, 0.3) is 5.56 Å². The third-order valence-corrected chi connectivity index (χ3v) is 7.31. The highest BCUT2D eigenvalue weighted by Gasteiger charge is 2.33. The quantitative estimate of drug-likeness (QED) is 0.319. The Balaban J connectivity index is 1.84. The lowest BCUT2D eigenvalue weighted by Crippen LogP contribution is -2.39. The fraction of sp³-hybridized carbons (Fsp3) is 0.276. The summed E-state index contributed by atoms with van der Waals surface area (Å²) in [5.74, 6) is 0.157. The van der Waals surface area contributed by atoms with Crippen LogP contribution in [0.1, 0.15) is 37.9 Å². The highest BCUT2D eigenvalue weighted by atomic mass is 32.1. The number of nitrogens with zero attached hydrogens (tertiary/aromatic N) is 3. The summed E-state index contributed by atoms with van der Waals surface area (Å²) in [5, 5.41) is 0. The number of hydrogen-bond acceptors (Lipinski definition) is 7. The smallest absolute Gasteiger partial charge is 0.338 e. The Bertz CT molecular complexity index is 1490. The molecular formula is C29H31N3O4S. The van der Waals surface area contributed by atoms with Gasteiger partial charge in [-0.15, -0.1) is 0 Å². The number of ether oxygens (including phenoxy) is 2. The minimum Gasteiger partial charge on any atom is -0.497 e. The van der Waals surface area contributed by atoms with Crippen LogP contribution in [0.25, 0.3) is 6.08 Å². The summed E-state index contributed by atoms with van der Waals surface area (Å²) in [6.45, 7) is 11.6. The molecule has 1 aromatic heterocycles. The Labute approximate surface area is 220 Å². The molecule has 0 saturated heterocycles. The number of benzene rings is 2.